The minimum atomic E-state index is -0.501. The maximum Gasteiger partial charge on any atom is 0.315 e. The first-order valence-corrected chi connectivity index (χ1v) is 13.7. The lowest BCUT2D eigenvalue weighted by Gasteiger charge is -2.41. The third-order valence-corrected chi connectivity index (χ3v) is 7.55. The summed E-state index contributed by atoms with van der Waals surface area (Å²) in [5.74, 6) is -0.389. The fraction of sp³-hybridized carbons (Fsp3) is 0.552. The fourth-order valence-corrected chi connectivity index (χ4v) is 5.38. The summed E-state index contributed by atoms with van der Waals surface area (Å²) in [7, 11) is 0. The predicted octanol–water partition coefficient (Wildman–Crippen LogP) is 3.38. The van der Waals surface area contributed by atoms with E-state index in [1.807, 2.05) is 55.5 Å². The number of benzene rings is 2. The summed E-state index contributed by atoms with van der Waals surface area (Å²) < 4.78 is 24.8. The Morgan fingerprint density at radius 2 is 1.61 bits per heavy atom. The van der Waals surface area contributed by atoms with Crippen molar-refractivity contribution in [1.29, 1.82) is 0 Å². The number of carbonyl (C=O) groups is 1. The van der Waals surface area contributed by atoms with E-state index < -0.39 is 6.29 Å². The molecule has 9 heteroatoms. The lowest BCUT2D eigenvalue weighted by Crippen LogP contribution is -2.48. The van der Waals surface area contributed by atoms with Crippen LogP contribution in [0.2, 0.25) is 0 Å². The molecule has 0 saturated carbocycles. The first kappa shape index (κ1) is 27.1. The molecule has 0 aromatic heterocycles. The van der Waals surface area contributed by atoms with Gasteiger partial charge in [-0.3, -0.25) is 0 Å². The van der Waals surface area contributed by atoms with Crippen LogP contribution in [0, 0.1) is 0 Å². The lowest BCUT2D eigenvalue weighted by molar-refractivity contribution is -0.255. The van der Waals surface area contributed by atoms with Crippen molar-refractivity contribution in [3.8, 4) is 0 Å². The Bertz CT molecular complexity index is 1030. The third kappa shape index (κ3) is 6.72. The van der Waals surface area contributed by atoms with Crippen LogP contribution in [0.15, 0.2) is 48.5 Å². The van der Waals surface area contributed by atoms with Gasteiger partial charge in [-0.25, -0.2) is 4.79 Å². The van der Waals surface area contributed by atoms with Crippen LogP contribution >= 0.6 is 0 Å². The maximum atomic E-state index is 11.7. The van der Waals surface area contributed by atoms with E-state index >= 15 is 0 Å². The second-order valence-electron chi connectivity index (χ2n) is 10.2. The Kier molecular flexibility index (Phi) is 8.93. The average Bonchev–Trinajstić information content (AvgIpc) is 3.41. The van der Waals surface area contributed by atoms with E-state index in [9.17, 15) is 9.90 Å². The Labute approximate surface area is 224 Å². The predicted molar refractivity (Wildman–Crippen MR) is 141 cm³/mol. The van der Waals surface area contributed by atoms with Crippen LogP contribution in [0.5, 0.6) is 0 Å². The summed E-state index contributed by atoms with van der Waals surface area (Å²) in [6.45, 7) is 6.95. The number of likely N-dealkylation sites (tertiary alicyclic amines) is 1. The largest absolute Gasteiger partial charge is 0.392 e. The van der Waals surface area contributed by atoms with Crippen LogP contribution in [0.3, 0.4) is 0 Å². The smallest absolute Gasteiger partial charge is 0.315 e. The zero-order chi connectivity index (χ0) is 26.4. The molecule has 3 aliphatic heterocycles. The van der Waals surface area contributed by atoms with Crippen molar-refractivity contribution >= 4 is 6.03 Å². The van der Waals surface area contributed by atoms with E-state index in [4.69, 9.17) is 18.9 Å². The van der Waals surface area contributed by atoms with Crippen molar-refractivity contribution in [2.24, 2.45) is 0 Å². The van der Waals surface area contributed by atoms with Gasteiger partial charge in [0.25, 0.3) is 0 Å². The van der Waals surface area contributed by atoms with E-state index in [0.717, 1.165) is 61.2 Å². The number of piperidine rings is 1. The molecule has 3 atom stereocenters. The van der Waals surface area contributed by atoms with Crippen LogP contribution in [0.1, 0.15) is 60.8 Å². The number of nitrogens with one attached hydrogen (secondary N) is 2. The zero-order valence-electron chi connectivity index (χ0n) is 22.1. The molecule has 38 heavy (non-hydrogen) atoms. The molecule has 1 spiro atoms. The molecular formula is C29H39N3O6. The van der Waals surface area contributed by atoms with Crippen molar-refractivity contribution in [3.63, 3.8) is 0 Å². The summed E-state index contributed by atoms with van der Waals surface area (Å²) in [6, 6.07) is 15.8. The van der Waals surface area contributed by atoms with E-state index in [1.165, 1.54) is 0 Å². The Morgan fingerprint density at radius 3 is 2.26 bits per heavy atom. The molecule has 2 aromatic carbocycles. The quantitative estimate of drug-likeness (QED) is 0.486. The highest BCUT2D eigenvalue weighted by molar-refractivity contribution is 5.73. The monoisotopic (exact) mass is 525 g/mol. The van der Waals surface area contributed by atoms with Gasteiger partial charge in [-0.1, -0.05) is 48.5 Å². The van der Waals surface area contributed by atoms with E-state index in [-0.39, 0.29) is 30.6 Å². The number of hydrogen-bond acceptors (Lipinski definition) is 7. The number of ether oxygens (including phenoxy) is 4. The fourth-order valence-electron chi connectivity index (χ4n) is 5.38. The number of amides is 2. The third-order valence-electron chi connectivity index (χ3n) is 7.55. The van der Waals surface area contributed by atoms with Crippen LogP contribution in [-0.2, 0) is 32.1 Å². The molecule has 0 aliphatic carbocycles. The highest BCUT2D eigenvalue weighted by Crippen LogP contribution is 2.39. The van der Waals surface area contributed by atoms with Crippen molar-refractivity contribution in [1.82, 2.24) is 15.5 Å². The van der Waals surface area contributed by atoms with Gasteiger partial charge in [-0.2, -0.15) is 0 Å². The Balaban J connectivity index is 1.26. The second kappa shape index (κ2) is 12.5. The van der Waals surface area contributed by atoms with E-state index in [2.05, 4.69) is 15.5 Å². The highest BCUT2D eigenvalue weighted by Gasteiger charge is 2.41. The number of carbonyl (C=O) groups excluding carboxylic acids is 1. The molecule has 3 aliphatic rings. The zero-order valence-corrected chi connectivity index (χ0v) is 22.1. The second-order valence-corrected chi connectivity index (χ2v) is 10.2. The average molecular weight is 526 g/mol. The number of hydrogen-bond donors (Lipinski definition) is 3. The summed E-state index contributed by atoms with van der Waals surface area (Å²) in [4.78, 5) is 14.2. The summed E-state index contributed by atoms with van der Waals surface area (Å²) in [5, 5.41) is 15.0. The lowest BCUT2D eigenvalue weighted by atomic mass is 9.98. The van der Waals surface area contributed by atoms with Crippen molar-refractivity contribution < 1.29 is 28.8 Å². The van der Waals surface area contributed by atoms with Crippen molar-refractivity contribution in [2.75, 3.05) is 39.4 Å². The molecule has 2 aromatic rings. The molecule has 3 saturated heterocycles. The summed E-state index contributed by atoms with van der Waals surface area (Å²) in [6.07, 6.45) is 1.87. The molecule has 3 N–H and O–H groups in total. The first-order valence-electron chi connectivity index (χ1n) is 13.7. The van der Waals surface area contributed by atoms with Crippen LogP contribution < -0.4 is 10.6 Å². The summed E-state index contributed by atoms with van der Waals surface area (Å²) >= 11 is 0. The topological polar surface area (TPSA) is 102 Å². The molecule has 5 rings (SSSR count). The molecule has 2 amide bonds. The SMILES string of the molecule is CCNC(=O)NCc1ccc([C@@H]2O[C@H](CN3CCC4(CC3)OCCO4)C[C@H](c3ccc(CO)cc3)O2)cc1. The molecule has 0 unspecified atom stereocenters. The van der Waals surface area contributed by atoms with Gasteiger partial charge in [0.2, 0.25) is 0 Å². The standard InChI is InChI=1S/C29H39N3O6/c1-2-30-28(34)31-18-21-3-9-24(10-4-21)27-37-25(17-26(38-27)23-7-5-22(20-33)6-8-23)19-32-13-11-29(12-14-32)35-15-16-36-29/h3-10,25-27,33H,2,11-20H2,1H3,(H2,30,31,34)/t25-,26+,27+/m0/s1. The van der Waals surface area contributed by atoms with Gasteiger partial charge < -0.3 is 39.6 Å². The molecule has 0 bridgehead atoms. The molecular weight excluding hydrogens is 486 g/mol. The van der Waals surface area contributed by atoms with Gasteiger partial charge in [0.05, 0.1) is 32.0 Å². The van der Waals surface area contributed by atoms with Crippen LogP contribution in [-0.4, -0.2) is 67.3 Å². The molecule has 9 nitrogen and oxygen atoms in total. The van der Waals surface area contributed by atoms with Crippen LogP contribution in [0.4, 0.5) is 4.79 Å². The van der Waals surface area contributed by atoms with Crippen molar-refractivity contribution in [2.45, 2.75) is 63.6 Å². The minimum Gasteiger partial charge on any atom is -0.392 e. The number of rotatable bonds is 8. The van der Waals surface area contributed by atoms with E-state index in [1.54, 1.807) is 0 Å². The minimum absolute atomic E-state index is 0.00480. The van der Waals surface area contributed by atoms with Gasteiger partial charge in [-0.05, 0) is 23.6 Å². The normalized spacial score (nSPS) is 25.4. The Hall–Kier alpha value is -2.53. The van der Waals surface area contributed by atoms with Gasteiger partial charge in [0.15, 0.2) is 12.1 Å². The van der Waals surface area contributed by atoms with E-state index in [0.29, 0.717) is 26.3 Å². The number of urea groups is 1. The molecule has 3 fully saturated rings. The van der Waals surface area contributed by atoms with Crippen LogP contribution in [0.25, 0.3) is 0 Å². The van der Waals surface area contributed by atoms with Gasteiger partial charge >= 0.3 is 6.03 Å². The highest BCUT2D eigenvalue weighted by atomic mass is 16.7. The summed E-state index contributed by atoms with van der Waals surface area (Å²) in [5.41, 5.74) is 3.90. The van der Waals surface area contributed by atoms with Gasteiger partial charge in [-0.15, -0.1) is 0 Å². The number of nitrogens with zero attached hydrogens (tertiary/aromatic N) is 1. The first-order chi connectivity index (χ1) is 18.6. The number of aliphatic hydroxyl groups excluding tert-OH is 1. The van der Waals surface area contributed by atoms with Gasteiger partial charge in [0.1, 0.15) is 0 Å². The van der Waals surface area contributed by atoms with Gasteiger partial charge in [0, 0.05) is 57.5 Å². The van der Waals surface area contributed by atoms with Crippen molar-refractivity contribution in [3.05, 3.63) is 70.8 Å². The maximum absolute atomic E-state index is 11.7. The molecule has 0 radical (unpaired) electrons. The molecule has 206 valence electrons. The Morgan fingerprint density at radius 1 is 0.947 bits per heavy atom. The molecule has 3 heterocycles. The number of aliphatic hydroxyl groups is 1.